The Kier molecular flexibility index (Phi) is 3.05. The second kappa shape index (κ2) is 5.21. The zero-order valence-electron chi connectivity index (χ0n) is 12.2. The molecule has 1 N–H and O–H groups in total. The first-order chi connectivity index (χ1) is 11.2. The van der Waals surface area contributed by atoms with Gasteiger partial charge in [0.1, 0.15) is 5.56 Å². The molecule has 1 aromatic carbocycles. The molecule has 0 atom stereocenters. The Morgan fingerprint density at radius 3 is 2.74 bits per heavy atom. The Balaban J connectivity index is 1.82. The van der Waals surface area contributed by atoms with Gasteiger partial charge in [-0.05, 0) is 23.1 Å². The molecule has 0 aliphatic carbocycles. The number of carboxylic acids is 1. The minimum Gasteiger partial charge on any atom is -0.478 e. The number of pyridine rings is 2. The summed E-state index contributed by atoms with van der Waals surface area (Å²) in [6.45, 7) is 0. The molecule has 0 aliphatic heterocycles. The van der Waals surface area contributed by atoms with Crippen LogP contribution < -0.4 is 0 Å². The van der Waals surface area contributed by atoms with Gasteiger partial charge in [0, 0.05) is 29.9 Å². The van der Waals surface area contributed by atoms with E-state index in [2.05, 4.69) is 10.1 Å². The summed E-state index contributed by atoms with van der Waals surface area (Å²) in [7, 11) is 0. The van der Waals surface area contributed by atoms with Crippen molar-refractivity contribution in [2.45, 2.75) is 6.42 Å². The summed E-state index contributed by atoms with van der Waals surface area (Å²) in [6.07, 6.45) is 5.54. The zero-order chi connectivity index (χ0) is 15.8. The van der Waals surface area contributed by atoms with E-state index in [0.29, 0.717) is 11.9 Å². The van der Waals surface area contributed by atoms with E-state index in [1.165, 1.54) is 6.20 Å². The second-order valence-corrected chi connectivity index (χ2v) is 5.39. The minimum absolute atomic E-state index is 0.210. The van der Waals surface area contributed by atoms with Crippen LogP contribution in [-0.2, 0) is 6.42 Å². The van der Waals surface area contributed by atoms with Crippen LogP contribution in [-0.4, -0.2) is 25.7 Å². The lowest BCUT2D eigenvalue weighted by Gasteiger charge is -2.06. The summed E-state index contributed by atoms with van der Waals surface area (Å²) in [4.78, 5) is 15.9. The van der Waals surface area contributed by atoms with Gasteiger partial charge >= 0.3 is 5.97 Å². The van der Waals surface area contributed by atoms with Crippen LogP contribution in [0.5, 0.6) is 0 Å². The summed E-state index contributed by atoms with van der Waals surface area (Å²) >= 11 is 0. The van der Waals surface area contributed by atoms with Crippen LogP contribution in [0.1, 0.15) is 21.6 Å². The van der Waals surface area contributed by atoms with Gasteiger partial charge in [-0.2, -0.15) is 5.10 Å². The van der Waals surface area contributed by atoms with Crippen LogP contribution in [0.4, 0.5) is 0 Å². The van der Waals surface area contributed by atoms with E-state index >= 15 is 0 Å². The zero-order valence-corrected chi connectivity index (χ0v) is 12.2. The van der Waals surface area contributed by atoms with Gasteiger partial charge in [-0.1, -0.05) is 30.3 Å². The van der Waals surface area contributed by atoms with Crippen LogP contribution in [0, 0.1) is 0 Å². The van der Waals surface area contributed by atoms with Gasteiger partial charge in [-0.25, -0.2) is 9.31 Å². The lowest BCUT2D eigenvalue weighted by Crippen LogP contribution is -2.01. The molecule has 3 heterocycles. The normalized spacial score (nSPS) is 11.1. The maximum absolute atomic E-state index is 11.4. The SMILES string of the molecule is O=C(O)c1cnn2cccc(Cc3cc4ccccc4cn3)c12. The van der Waals surface area contributed by atoms with E-state index in [-0.39, 0.29) is 5.56 Å². The monoisotopic (exact) mass is 303 g/mol. The molecule has 112 valence electrons. The number of carboxylic acid groups (broad SMARTS) is 1. The maximum Gasteiger partial charge on any atom is 0.339 e. The van der Waals surface area contributed by atoms with Crippen molar-refractivity contribution in [3.63, 3.8) is 0 Å². The Hall–Kier alpha value is -3.21. The van der Waals surface area contributed by atoms with E-state index < -0.39 is 5.97 Å². The van der Waals surface area contributed by atoms with Gasteiger partial charge in [0.05, 0.1) is 11.7 Å². The van der Waals surface area contributed by atoms with Gasteiger partial charge in [0.15, 0.2) is 0 Å². The first-order valence-corrected chi connectivity index (χ1v) is 7.24. The molecular formula is C18H13N3O2. The molecule has 0 amide bonds. The summed E-state index contributed by atoms with van der Waals surface area (Å²) in [5, 5.41) is 15.7. The number of aromatic nitrogens is 3. The molecule has 0 saturated carbocycles. The number of nitrogens with zero attached hydrogens (tertiary/aromatic N) is 3. The van der Waals surface area contributed by atoms with E-state index in [4.69, 9.17) is 0 Å². The molecular weight excluding hydrogens is 290 g/mol. The smallest absolute Gasteiger partial charge is 0.339 e. The van der Waals surface area contributed by atoms with E-state index in [1.807, 2.05) is 48.7 Å². The molecule has 4 rings (SSSR count). The standard InChI is InChI=1S/C18H13N3O2/c22-18(23)16-11-20-21-7-3-6-13(17(16)21)9-15-8-12-4-1-2-5-14(12)10-19-15/h1-8,10-11H,9H2,(H,22,23). The number of rotatable bonds is 3. The third-order valence-corrected chi connectivity index (χ3v) is 3.91. The number of fused-ring (bicyclic) bond motifs is 2. The second-order valence-electron chi connectivity index (χ2n) is 5.39. The Bertz CT molecular complexity index is 1040. The Morgan fingerprint density at radius 2 is 1.91 bits per heavy atom. The molecule has 0 saturated heterocycles. The first-order valence-electron chi connectivity index (χ1n) is 7.24. The number of carbonyl (C=O) groups is 1. The van der Waals surface area contributed by atoms with Crippen molar-refractivity contribution < 1.29 is 9.90 Å². The van der Waals surface area contributed by atoms with Crippen molar-refractivity contribution in [2.24, 2.45) is 0 Å². The molecule has 5 nitrogen and oxygen atoms in total. The number of hydrogen-bond acceptors (Lipinski definition) is 3. The van der Waals surface area contributed by atoms with Gasteiger partial charge in [0.25, 0.3) is 0 Å². The van der Waals surface area contributed by atoms with Crippen LogP contribution >= 0.6 is 0 Å². The van der Waals surface area contributed by atoms with Crippen LogP contribution in [0.15, 0.2) is 61.1 Å². The van der Waals surface area contributed by atoms with E-state index in [1.54, 1.807) is 10.7 Å². The number of hydrogen-bond donors (Lipinski definition) is 1. The molecule has 0 aliphatic rings. The molecule has 0 unspecified atom stereocenters. The average Bonchev–Trinajstić information content (AvgIpc) is 3.00. The van der Waals surface area contributed by atoms with Crippen LogP contribution in [0.2, 0.25) is 0 Å². The fraction of sp³-hybridized carbons (Fsp3) is 0.0556. The van der Waals surface area contributed by atoms with Crippen molar-refractivity contribution in [3.8, 4) is 0 Å². The molecule has 23 heavy (non-hydrogen) atoms. The Labute approximate surface area is 131 Å². The largest absolute Gasteiger partial charge is 0.478 e. The topological polar surface area (TPSA) is 67.5 Å². The first kappa shape index (κ1) is 13.5. The van der Waals surface area contributed by atoms with Crippen molar-refractivity contribution >= 4 is 22.3 Å². The minimum atomic E-state index is -0.973. The number of aromatic carboxylic acids is 1. The summed E-state index contributed by atoms with van der Waals surface area (Å²) in [5.74, 6) is -0.973. The molecule has 0 spiro atoms. The fourth-order valence-corrected chi connectivity index (χ4v) is 2.84. The Morgan fingerprint density at radius 1 is 1.09 bits per heavy atom. The molecule has 4 aromatic rings. The van der Waals surface area contributed by atoms with Crippen molar-refractivity contribution in [2.75, 3.05) is 0 Å². The summed E-state index contributed by atoms with van der Waals surface area (Å²) < 4.78 is 1.60. The van der Waals surface area contributed by atoms with Crippen LogP contribution in [0.25, 0.3) is 16.3 Å². The lowest BCUT2D eigenvalue weighted by molar-refractivity contribution is 0.0699. The highest BCUT2D eigenvalue weighted by Crippen LogP contribution is 2.21. The highest BCUT2D eigenvalue weighted by atomic mass is 16.4. The van der Waals surface area contributed by atoms with Gasteiger partial charge in [0.2, 0.25) is 0 Å². The third kappa shape index (κ3) is 2.32. The number of benzene rings is 1. The lowest BCUT2D eigenvalue weighted by atomic mass is 10.0. The molecule has 0 bridgehead atoms. The predicted molar refractivity (Wildman–Crippen MR) is 86.7 cm³/mol. The highest BCUT2D eigenvalue weighted by molar-refractivity contribution is 5.96. The molecule has 0 fully saturated rings. The van der Waals surface area contributed by atoms with E-state index in [0.717, 1.165) is 22.0 Å². The average molecular weight is 303 g/mol. The molecule has 5 heteroatoms. The maximum atomic E-state index is 11.4. The van der Waals surface area contributed by atoms with Crippen molar-refractivity contribution in [1.29, 1.82) is 0 Å². The van der Waals surface area contributed by atoms with Gasteiger partial charge in [-0.15, -0.1) is 0 Å². The van der Waals surface area contributed by atoms with Crippen molar-refractivity contribution in [1.82, 2.24) is 14.6 Å². The molecule has 0 radical (unpaired) electrons. The third-order valence-electron chi connectivity index (χ3n) is 3.91. The summed E-state index contributed by atoms with van der Waals surface area (Å²) in [5.41, 5.74) is 2.62. The van der Waals surface area contributed by atoms with E-state index in [9.17, 15) is 9.90 Å². The quantitative estimate of drug-likeness (QED) is 0.631. The highest BCUT2D eigenvalue weighted by Gasteiger charge is 2.15. The summed E-state index contributed by atoms with van der Waals surface area (Å²) in [6, 6.07) is 13.9. The van der Waals surface area contributed by atoms with Crippen LogP contribution in [0.3, 0.4) is 0 Å². The fourth-order valence-electron chi connectivity index (χ4n) is 2.84. The molecule has 3 aromatic heterocycles. The predicted octanol–water partition coefficient (Wildman–Crippen LogP) is 3.17. The van der Waals surface area contributed by atoms with Gasteiger partial charge in [-0.3, -0.25) is 4.98 Å². The van der Waals surface area contributed by atoms with Gasteiger partial charge < -0.3 is 5.11 Å². The van der Waals surface area contributed by atoms with Crippen molar-refractivity contribution in [3.05, 3.63) is 77.9 Å².